The molecular weight excluding hydrogens is 270 g/mol. The molecule has 3 rings (SSSR count). The van der Waals surface area contributed by atoms with Crippen LogP contribution in [0, 0.1) is 5.92 Å². The van der Waals surface area contributed by atoms with E-state index >= 15 is 0 Å². The van der Waals surface area contributed by atoms with E-state index in [1.807, 2.05) is 32.0 Å². The monoisotopic (exact) mass is 289 g/mol. The molecule has 0 aliphatic carbocycles. The highest BCUT2D eigenvalue weighted by atomic mass is 16.5. The third-order valence-corrected chi connectivity index (χ3v) is 4.15. The van der Waals surface area contributed by atoms with Gasteiger partial charge in [-0.2, -0.15) is 0 Å². The van der Waals surface area contributed by atoms with E-state index in [0.717, 1.165) is 11.3 Å². The number of piperidine rings is 1. The van der Waals surface area contributed by atoms with Gasteiger partial charge in [0.15, 0.2) is 5.72 Å². The summed E-state index contributed by atoms with van der Waals surface area (Å²) in [5.41, 5.74) is 0.150. The molecule has 2 heterocycles. The number of fused-ring (bicyclic) bond motifs is 4. The van der Waals surface area contributed by atoms with Gasteiger partial charge in [0, 0.05) is 18.4 Å². The quantitative estimate of drug-likeness (QED) is 0.864. The minimum Gasteiger partial charge on any atom is -0.494 e. The number of hydrogen-bond acceptors (Lipinski definition) is 4. The largest absolute Gasteiger partial charge is 0.494 e. The molecule has 1 fully saturated rings. The second-order valence-corrected chi connectivity index (χ2v) is 5.85. The number of nitrogens with one attached hydrogen (secondary N) is 1. The molecule has 1 saturated heterocycles. The lowest BCUT2D eigenvalue weighted by Crippen LogP contribution is -2.61. The van der Waals surface area contributed by atoms with Gasteiger partial charge in [-0.1, -0.05) is 6.07 Å². The van der Waals surface area contributed by atoms with Crippen molar-refractivity contribution in [2.75, 3.05) is 6.61 Å². The normalized spacial score (nSPS) is 30.0. The van der Waals surface area contributed by atoms with Gasteiger partial charge in [0.1, 0.15) is 23.2 Å². The van der Waals surface area contributed by atoms with Gasteiger partial charge in [0.25, 0.3) is 0 Å². The summed E-state index contributed by atoms with van der Waals surface area (Å²) in [5, 5.41) is 2.83. The molecule has 2 aliphatic rings. The number of rotatable bonds is 3. The predicted molar refractivity (Wildman–Crippen MR) is 76.3 cm³/mol. The maximum atomic E-state index is 12.2. The average molecular weight is 289 g/mol. The Morgan fingerprint density at radius 1 is 1.52 bits per heavy atom. The van der Waals surface area contributed by atoms with Crippen LogP contribution in [0.5, 0.6) is 11.5 Å². The van der Waals surface area contributed by atoms with Gasteiger partial charge in [-0.15, -0.1) is 0 Å². The zero-order valence-electron chi connectivity index (χ0n) is 12.4. The smallest absolute Gasteiger partial charge is 0.234 e. The van der Waals surface area contributed by atoms with Gasteiger partial charge in [0.05, 0.1) is 6.61 Å². The molecule has 0 saturated carbocycles. The molecule has 2 bridgehead atoms. The summed E-state index contributed by atoms with van der Waals surface area (Å²) in [7, 11) is 0. The van der Waals surface area contributed by atoms with E-state index in [0.29, 0.717) is 18.8 Å². The maximum Gasteiger partial charge on any atom is 0.234 e. The number of amides is 1. The zero-order chi connectivity index (χ0) is 15.2. The molecule has 2 aliphatic heterocycles. The molecule has 3 unspecified atom stereocenters. The lowest BCUT2D eigenvalue weighted by molar-refractivity contribution is -0.145. The van der Waals surface area contributed by atoms with Crippen molar-refractivity contribution >= 4 is 11.7 Å². The summed E-state index contributed by atoms with van der Waals surface area (Å²) in [5.74, 6) is 0.276. The standard InChI is InChI=1S/C16H19NO4/c1-4-20-10-5-6-11-12-8-16(3,21-13(11)7-10)17-15(19)14(12)9(2)18/h5-7,12,14H,4,8H2,1-3H3,(H,17,19). The van der Waals surface area contributed by atoms with Crippen LogP contribution in [0.1, 0.15) is 38.7 Å². The van der Waals surface area contributed by atoms with Gasteiger partial charge in [-0.3, -0.25) is 9.59 Å². The van der Waals surface area contributed by atoms with Crippen LogP contribution in [0.3, 0.4) is 0 Å². The zero-order valence-corrected chi connectivity index (χ0v) is 12.4. The number of carbonyl (C=O) groups excluding carboxylic acids is 2. The molecule has 5 nitrogen and oxygen atoms in total. The first kappa shape index (κ1) is 13.9. The second kappa shape index (κ2) is 4.76. The molecule has 5 heteroatoms. The third kappa shape index (κ3) is 2.26. The van der Waals surface area contributed by atoms with Gasteiger partial charge in [-0.25, -0.2) is 0 Å². The highest BCUT2D eigenvalue weighted by Gasteiger charge is 2.50. The molecule has 3 atom stereocenters. The van der Waals surface area contributed by atoms with Gasteiger partial charge in [0.2, 0.25) is 5.91 Å². The summed E-state index contributed by atoms with van der Waals surface area (Å²) in [4.78, 5) is 24.1. The first-order valence-corrected chi connectivity index (χ1v) is 7.22. The summed E-state index contributed by atoms with van der Waals surface area (Å²) in [6.07, 6.45) is 0.601. The summed E-state index contributed by atoms with van der Waals surface area (Å²) in [6, 6.07) is 5.59. The van der Waals surface area contributed by atoms with Crippen LogP contribution in [0.4, 0.5) is 0 Å². The first-order chi connectivity index (χ1) is 9.93. The fourth-order valence-electron chi connectivity index (χ4n) is 3.34. The number of Topliss-reactive ketones (excluding diaryl/α,β-unsaturated/α-hetero) is 1. The Hall–Kier alpha value is -2.04. The molecule has 1 aromatic carbocycles. The van der Waals surface area contributed by atoms with E-state index in [1.165, 1.54) is 6.92 Å². The van der Waals surface area contributed by atoms with Gasteiger partial charge < -0.3 is 14.8 Å². The predicted octanol–water partition coefficient (Wildman–Crippen LogP) is 2.00. The van der Waals surface area contributed by atoms with E-state index < -0.39 is 11.6 Å². The minimum atomic E-state index is -0.758. The summed E-state index contributed by atoms with van der Waals surface area (Å²) in [6.45, 7) is 5.80. The Balaban J connectivity index is 2.06. The highest BCUT2D eigenvalue weighted by Crippen LogP contribution is 2.47. The fourth-order valence-corrected chi connectivity index (χ4v) is 3.34. The van der Waals surface area contributed by atoms with Crippen molar-refractivity contribution in [2.45, 2.75) is 38.8 Å². The van der Waals surface area contributed by atoms with Crippen LogP contribution in [-0.2, 0) is 9.59 Å². The molecule has 0 aromatic heterocycles. The van der Waals surface area contributed by atoms with E-state index in [-0.39, 0.29) is 17.6 Å². The van der Waals surface area contributed by atoms with Crippen molar-refractivity contribution in [3.05, 3.63) is 23.8 Å². The molecule has 21 heavy (non-hydrogen) atoms. The highest BCUT2D eigenvalue weighted by molar-refractivity contribution is 6.02. The van der Waals surface area contributed by atoms with Crippen molar-refractivity contribution in [1.82, 2.24) is 5.32 Å². The van der Waals surface area contributed by atoms with E-state index in [9.17, 15) is 9.59 Å². The maximum absolute atomic E-state index is 12.2. The van der Waals surface area contributed by atoms with Crippen molar-refractivity contribution in [2.24, 2.45) is 5.92 Å². The topological polar surface area (TPSA) is 64.6 Å². The summed E-state index contributed by atoms with van der Waals surface area (Å²) < 4.78 is 11.4. The van der Waals surface area contributed by atoms with Crippen LogP contribution in [0.25, 0.3) is 0 Å². The third-order valence-electron chi connectivity index (χ3n) is 4.15. The van der Waals surface area contributed by atoms with Crippen molar-refractivity contribution in [1.29, 1.82) is 0 Å². The first-order valence-electron chi connectivity index (χ1n) is 7.22. The minimum absolute atomic E-state index is 0.110. The number of ketones is 1. The van der Waals surface area contributed by atoms with Gasteiger partial charge in [-0.05, 0) is 32.4 Å². The fraction of sp³-hybridized carbons (Fsp3) is 0.500. The summed E-state index contributed by atoms with van der Waals surface area (Å²) >= 11 is 0. The molecular formula is C16H19NO4. The van der Waals surface area contributed by atoms with Gasteiger partial charge >= 0.3 is 0 Å². The number of carbonyl (C=O) groups is 2. The molecule has 112 valence electrons. The second-order valence-electron chi connectivity index (χ2n) is 5.85. The van der Waals surface area contributed by atoms with Crippen LogP contribution in [0.2, 0.25) is 0 Å². The molecule has 1 N–H and O–H groups in total. The Morgan fingerprint density at radius 3 is 2.95 bits per heavy atom. The van der Waals surface area contributed by atoms with E-state index in [4.69, 9.17) is 9.47 Å². The van der Waals surface area contributed by atoms with Crippen LogP contribution in [0.15, 0.2) is 18.2 Å². The van der Waals surface area contributed by atoms with Crippen LogP contribution < -0.4 is 14.8 Å². The Morgan fingerprint density at radius 2 is 2.29 bits per heavy atom. The molecule has 1 amide bonds. The van der Waals surface area contributed by atoms with Crippen molar-refractivity contribution in [3.63, 3.8) is 0 Å². The lowest BCUT2D eigenvalue weighted by atomic mass is 9.73. The Kier molecular flexibility index (Phi) is 3.15. The number of hydrogen-bond donors (Lipinski definition) is 1. The SMILES string of the molecule is CCOc1ccc2c(c1)OC1(C)CC2C(C(C)=O)C(=O)N1. The molecule has 0 radical (unpaired) electrons. The molecule has 0 spiro atoms. The average Bonchev–Trinajstić information content (AvgIpc) is 2.36. The Labute approximate surface area is 123 Å². The van der Waals surface area contributed by atoms with Crippen LogP contribution in [-0.4, -0.2) is 24.0 Å². The van der Waals surface area contributed by atoms with E-state index in [2.05, 4.69) is 5.32 Å². The lowest BCUT2D eigenvalue weighted by Gasteiger charge is -2.46. The van der Waals surface area contributed by atoms with E-state index in [1.54, 1.807) is 0 Å². The van der Waals surface area contributed by atoms with Crippen molar-refractivity contribution < 1.29 is 19.1 Å². The molecule has 1 aromatic rings. The van der Waals surface area contributed by atoms with Crippen molar-refractivity contribution in [3.8, 4) is 11.5 Å². The number of ether oxygens (including phenoxy) is 2. The Bertz CT molecular complexity index is 612. The van der Waals surface area contributed by atoms with Crippen LogP contribution >= 0.6 is 0 Å². The number of benzene rings is 1.